The number of hydrogen-bond acceptors (Lipinski definition) is 2. The molecule has 0 aromatic carbocycles. The van der Waals surface area contributed by atoms with Crippen LogP contribution in [-0.2, 0) is 4.79 Å². The monoisotopic (exact) mass is 136 g/mol. The zero-order chi connectivity index (χ0) is 7.40. The van der Waals surface area contributed by atoms with Crippen molar-refractivity contribution >= 4 is 12.1 Å². The standard InChI is InChI=1S/C7H8N2O/c1-6-2-3-8-4-7(6)9-5-10/h2-5H,1H3,(H,9,10). The quantitative estimate of drug-likeness (QED) is 0.615. The number of carbonyl (C=O) groups excluding carboxylic acids is 1. The highest BCUT2D eigenvalue weighted by atomic mass is 16.1. The summed E-state index contributed by atoms with van der Waals surface area (Å²) < 4.78 is 0. The first-order valence-electron chi connectivity index (χ1n) is 2.95. The van der Waals surface area contributed by atoms with Crippen molar-refractivity contribution in [3.05, 3.63) is 24.0 Å². The number of nitrogens with zero attached hydrogens (tertiary/aromatic N) is 1. The van der Waals surface area contributed by atoms with E-state index in [1.165, 1.54) is 0 Å². The number of carbonyl (C=O) groups is 1. The van der Waals surface area contributed by atoms with Crippen molar-refractivity contribution in [2.75, 3.05) is 5.32 Å². The highest BCUT2D eigenvalue weighted by molar-refractivity contribution is 5.72. The van der Waals surface area contributed by atoms with Gasteiger partial charge in [-0.2, -0.15) is 0 Å². The van der Waals surface area contributed by atoms with Gasteiger partial charge in [-0.3, -0.25) is 9.78 Å². The van der Waals surface area contributed by atoms with Crippen molar-refractivity contribution in [1.82, 2.24) is 4.98 Å². The molecule has 1 rings (SSSR count). The molecule has 52 valence electrons. The zero-order valence-corrected chi connectivity index (χ0v) is 5.66. The second kappa shape index (κ2) is 2.96. The third-order valence-corrected chi connectivity index (χ3v) is 1.25. The molecule has 1 aromatic heterocycles. The largest absolute Gasteiger partial charge is 0.327 e. The van der Waals surface area contributed by atoms with E-state index in [0.717, 1.165) is 11.3 Å². The van der Waals surface area contributed by atoms with Crippen LogP contribution in [0.4, 0.5) is 5.69 Å². The molecule has 1 heterocycles. The molecule has 3 heteroatoms. The number of aromatic nitrogens is 1. The number of pyridine rings is 1. The molecule has 1 amide bonds. The minimum atomic E-state index is 0.643. The van der Waals surface area contributed by atoms with E-state index in [9.17, 15) is 4.79 Å². The van der Waals surface area contributed by atoms with Gasteiger partial charge in [0, 0.05) is 6.20 Å². The molecule has 3 nitrogen and oxygen atoms in total. The van der Waals surface area contributed by atoms with Gasteiger partial charge >= 0.3 is 0 Å². The topological polar surface area (TPSA) is 42.0 Å². The molecule has 0 saturated heterocycles. The fourth-order valence-corrected chi connectivity index (χ4v) is 0.679. The summed E-state index contributed by atoms with van der Waals surface area (Å²) in [5.74, 6) is 0. The first kappa shape index (κ1) is 6.74. The number of anilines is 1. The van der Waals surface area contributed by atoms with Gasteiger partial charge in [-0.1, -0.05) is 0 Å². The van der Waals surface area contributed by atoms with Crippen LogP contribution in [0.25, 0.3) is 0 Å². The Morgan fingerprint density at radius 3 is 3.10 bits per heavy atom. The SMILES string of the molecule is Cc1ccncc1NC=O. The predicted octanol–water partition coefficient (Wildman–Crippen LogP) is 0.958. The van der Waals surface area contributed by atoms with Gasteiger partial charge in [-0.05, 0) is 18.6 Å². The van der Waals surface area contributed by atoms with Crippen LogP contribution in [0.5, 0.6) is 0 Å². The van der Waals surface area contributed by atoms with E-state index in [0.29, 0.717) is 6.41 Å². The van der Waals surface area contributed by atoms with E-state index in [2.05, 4.69) is 10.3 Å². The average molecular weight is 136 g/mol. The first-order valence-corrected chi connectivity index (χ1v) is 2.95. The maximum Gasteiger partial charge on any atom is 0.211 e. The Labute approximate surface area is 59.1 Å². The summed E-state index contributed by atoms with van der Waals surface area (Å²) in [6.07, 6.45) is 3.94. The zero-order valence-electron chi connectivity index (χ0n) is 5.66. The van der Waals surface area contributed by atoms with E-state index < -0.39 is 0 Å². The smallest absolute Gasteiger partial charge is 0.211 e. The molecule has 0 atom stereocenters. The molecule has 0 bridgehead atoms. The molecule has 0 unspecified atom stereocenters. The van der Waals surface area contributed by atoms with E-state index in [4.69, 9.17) is 0 Å². The summed E-state index contributed by atoms with van der Waals surface area (Å²) in [5, 5.41) is 2.53. The van der Waals surface area contributed by atoms with E-state index >= 15 is 0 Å². The lowest BCUT2D eigenvalue weighted by atomic mass is 10.2. The van der Waals surface area contributed by atoms with Crippen LogP contribution < -0.4 is 5.32 Å². The number of aryl methyl sites for hydroxylation is 1. The van der Waals surface area contributed by atoms with E-state index in [1.807, 2.05) is 13.0 Å². The van der Waals surface area contributed by atoms with Crippen LogP contribution >= 0.6 is 0 Å². The Morgan fingerprint density at radius 1 is 1.70 bits per heavy atom. The van der Waals surface area contributed by atoms with Crippen molar-refractivity contribution in [3.8, 4) is 0 Å². The Bertz CT molecular complexity index is 235. The van der Waals surface area contributed by atoms with Gasteiger partial charge in [0.15, 0.2) is 0 Å². The molecule has 0 aliphatic heterocycles. The van der Waals surface area contributed by atoms with Gasteiger partial charge < -0.3 is 5.32 Å². The Kier molecular flexibility index (Phi) is 1.99. The van der Waals surface area contributed by atoms with Gasteiger partial charge in [0.2, 0.25) is 6.41 Å². The number of amides is 1. The molecule has 0 fully saturated rings. The van der Waals surface area contributed by atoms with E-state index in [1.54, 1.807) is 12.4 Å². The minimum Gasteiger partial charge on any atom is -0.327 e. The third-order valence-electron chi connectivity index (χ3n) is 1.25. The lowest BCUT2D eigenvalue weighted by molar-refractivity contribution is -0.105. The summed E-state index contributed by atoms with van der Waals surface area (Å²) in [4.78, 5) is 13.8. The molecule has 1 aromatic rings. The van der Waals surface area contributed by atoms with Crippen LogP contribution in [0, 0.1) is 6.92 Å². The first-order chi connectivity index (χ1) is 4.84. The van der Waals surface area contributed by atoms with Crippen LogP contribution in [0.15, 0.2) is 18.5 Å². The second-order valence-corrected chi connectivity index (χ2v) is 1.95. The lowest BCUT2D eigenvalue weighted by Gasteiger charge is -1.99. The van der Waals surface area contributed by atoms with Crippen LogP contribution in [0.2, 0.25) is 0 Å². The Morgan fingerprint density at radius 2 is 2.50 bits per heavy atom. The molecule has 0 aliphatic carbocycles. The fourth-order valence-electron chi connectivity index (χ4n) is 0.679. The summed E-state index contributed by atoms with van der Waals surface area (Å²) in [6.45, 7) is 1.91. The fraction of sp³-hybridized carbons (Fsp3) is 0.143. The summed E-state index contributed by atoms with van der Waals surface area (Å²) in [5.41, 5.74) is 1.78. The highest BCUT2D eigenvalue weighted by Gasteiger charge is 1.92. The molecule has 0 radical (unpaired) electrons. The highest BCUT2D eigenvalue weighted by Crippen LogP contribution is 2.09. The summed E-state index contributed by atoms with van der Waals surface area (Å²) >= 11 is 0. The lowest BCUT2D eigenvalue weighted by Crippen LogP contribution is -1.96. The van der Waals surface area contributed by atoms with Gasteiger partial charge in [0.1, 0.15) is 0 Å². The van der Waals surface area contributed by atoms with E-state index in [-0.39, 0.29) is 0 Å². The molecule has 0 aliphatic rings. The molecule has 1 N–H and O–H groups in total. The number of nitrogens with one attached hydrogen (secondary N) is 1. The second-order valence-electron chi connectivity index (χ2n) is 1.95. The van der Waals surface area contributed by atoms with Crippen molar-refractivity contribution in [1.29, 1.82) is 0 Å². The van der Waals surface area contributed by atoms with Gasteiger partial charge in [0.25, 0.3) is 0 Å². The van der Waals surface area contributed by atoms with Crippen molar-refractivity contribution in [2.45, 2.75) is 6.92 Å². The molecular weight excluding hydrogens is 128 g/mol. The van der Waals surface area contributed by atoms with Gasteiger partial charge in [-0.15, -0.1) is 0 Å². The Hall–Kier alpha value is -1.38. The van der Waals surface area contributed by atoms with Crippen LogP contribution in [-0.4, -0.2) is 11.4 Å². The number of hydrogen-bond donors (Lipinski definition) is 1. The van der Waals surface area contributed by atoms with Gasteiger partial charge in [0.05, 0.1) is 11.9 Å². The van der Waals surface area contributed by atoms with Crippen LogP contribution in [0.3, 0.4) is 0 Å². The average Bonchev–Trinajstić information content (AvgIpc) is 1.94. The van der Waals surface area contributed by atoms with Gasteiger partial charge in [-0.25, -0.2) is 0 Å². The van der Waals surface area contributed by atoms with Crippen molar-refractivity contribution in [3.63, 3.8) is 0 Å². The maximum absolute atomic E-state index is 9.99. The Balaban J connectivity index is 2.91. The van der Waals surface area contributed by atoms with Crippen molar-refractivity contribution in [2.24, 2.45) is 0 Å². The molecular formula is C7H8N2O. The molecule has 0 saturated carbocycles. The van der Waals surface area contributed by atoms with Crippen molar-refractivity contribution < 1.29 is 4.79 Å². The summed E-state index contributed by atoms with van der Waals surface area (Å²) in [7, 11) is 0. The summed E-state index contributed by atoms with van der Waals surface area (Å²) in [6, 6.07) is 1.84. The normalized spacial score (nSPS) is 8.90. The third kappa shape index (κ3) is 1.31. The molecule has 10 heavy (non-hydrogen) atoms. The molecule has 0 spiro atoms. The maximum atomic E-state index is 9.99. The minimum absolute atomic E-state index is 0.643. The number of rotatable bonds is 2. The predicted molar refractivity (Wildman–Crippen MR) is 38.7 cm³/mol. The van der Waals surface area contributed by atoms with Crippen LogP contribution in [0.1, 0.15) is 5.56 Å².